The Balaban J connectivity index is 1.68. The predicted molar refractivity (Wildman–Crippen MR) is 85.9 cm³/mol. The molecule has 0 atom stereocenters. The summed E-state index contributed by atoms with van der Waals surface area (Å²) < 4.78 is 10.7. The summed E-state index contributed by atoms with van der Waals surface area (Å²) in [5.74, 6) is -0.210. The Bertz CT molecular complexity index is 718. The van der Waals surface area contributed by atoms with Gasteiger partial charge in [0.25, 0.3) is 6.01 Å². The van der Waals surface area contributed by atoms with E-state index in [0.29, 0.717) is 19.2 Å². The van der Waals surface area contributed by atoms with Gasteiger partial charge in [0, 0.05) is 13.1 Å². The maximum atomic E-state index is 10.8. The van der Waals surface area contributed by atoms with Gasteiger partial charge in [0.2, 0.25) is 0 Å². The third-order valence-electron chi connectivity index (χ3n) is 3.73. The number of carboxylic acid groups (broad SMARTS) is 1. The van der Waals surface area contributed by atoms with E-state index in [1.165, 1.54) is 17.4 Å². The molecular formula is C17H18N2O4. The standard InChI is InChI=1S/C17H18N2O4/c1-2-22-14-5-3-12(4-6-14)13-7-9-19(10-8-13)17-18-15(11-23-17)16(20)21/h3-7,11H,2,8-10H2,1H3,(H,20,21). The van der Waals surface area contributed by atoms with Gasteiger partial charge in [0.1, 0.15) is 12.0 Å². The molecule has 120 valence electrons. The molecule has 1 aliphatic rings. The number of oxazole rings is 1. The Morgan fingerprint density at radius 3 is 2.74 bits per heavy atom. The maximum Gasteiger partial charge on any atom is 0.357 e. The van der Waals surface area contributed by atoms with E-state index in [9.17, 15) is 4.79 Å². The Morgan fingerprint density at radius 2 is 2.17 bits per heavy atom. The summed E-state index contributed by atoms with van der Waals surface area (Å²) in [4.78, 5) is 16.7. The topological polar surface area (TPSA) is 75.8 Å². The molecule has 0 bridgehead atoms. The van der Waals surface area contributed by atoms with E-state index in [-0.39, 0.29) is 5.69 Å². The summed E-state index contributed by atoms with van der Waals surface area (Å²) in [6.45, 7) is 4.00. The molecular weight excluding hydrogens is 296 g/mol. The van der Waals surface area contributed by atoms with Gasteiger partial charge in [-0.15, -0.1) is 0 Å². The highest BCUT2D eigenvalue weighted by atomic mass is 16.5. The summed E-state index contributed by atoms with van der Waals surface area (Å²) in [6, 6.07) is 8.41. The highest BCUT2D eigenvalue weighted by Gasteiger charge is 2.19. The second kappa shape index (κ2) is 6.56. The van der Waals surface area contributed by atoms with Crippen molar-refractivity contribution in [2.75, 3.05) is 24.6 Å². The van der Waals surface area contributed by atoms with Crippen LogP contribution in [0.1, 0.15) is 29.4 Å². The van der Waals surface area contributed by atoms with Gasteiger partial charge in [0.05, 0.1) is 6.61 Å². The minimum Gasteiger partial charge on any atom is -0.494 e. The van der Waals surface area contributed by atoms with Gasteiger partial charge >= 0.3 is 5.97 Å². The zero-order valence-corrected chi connectivity index (χ0v) is 12.9. The first-order valence-electron chi connectivity index (χ1n) is 7.53. The van der Waals surface area contributed by atoms with Gasteiger partial charge in [-0.05, 0) is 36.6 Å². The van der Waals surface area contributed by atoms with Crippen LogP contribution in [0.2, 0.25) is 0 Å². The Kier molecular flexibility index (Phi) is 4.32. The predicted octanol–water partition coefficient (Wildman–Crippen LogP) is 3.07. The van der Waals surface area contributed by atoms with Crippen molar-refractivity contribution in [1.29, 1.82) is 0 Å². The molecule has 0 amide bonds. The number of hydrogen-bond acceptors (Lipinski definition) is 5. The number of nitrogens with zero attached hydrogens (tertiary/aromatic N) is 2. The molecule has 0 saturated heterocycles. The average molecular weight is 314 g/mol. The number of aromatic nitrogens is 1. The Hall–Kier alpha value is -2.76. The fraction of sp³-hybridized carbons (Fsp3) is 0.294. The van der Waals surface area contributed by atoms with Crippen molar-refractivity contribution in [2.45, 2.75) is 13.3 Å². The van der Waals surface area contributed by atoms with Crippen LogP contribution in [0.3, 0.4) is 0 Å². The number of ether oxygens (including phenoxy) is 1. The lowest BCUT2D eigenvalue weighted by molar-refractivity contribution is 0.0690. The van der Waals surface area contributed by atoms with Gasteiger partial charge in [-0.25, -0.2) is 4.79 Å². The lowest BCUT2D eigenvalue weighted by atomic mass is 9.99. The van der Waals surface area contributed by atoms with Crippen LogP contribution in [0.15, 0.2) is 41.0 Å². The SMILES string of the molecule is CCOc1ccc(C2=CCN(c3nc(C(=O)O)co3)CC2)cc1. The number of rotatable bonds is 5. The summed E-state index contributed by atoms with van der Waals surface area (Å²) in [5.41, 5.74) is 2.36. The van der Waals surface area contributed by atoms with Gasteiger partial charge in [-0.1, -0.05) is 18.2 Å². The van der Waals surface area contributed by atoms with E-state index >= 15 is 0 Å². The Morgan fingerprint density at radius 1 is 1.39 bits per heavy atom. The quantitative estimate of drug-likeness (QED) is 0.914. The number of benzene rings is 1. The molecule has 0 aliphatic carbocycles. The van der Waals surface area contributed by atoms with Crippen LogP contribution in [0.25, 0.3) is 5.57 Å². The lowest BCUT2D eigenvalue weighted by Gasteiger charge is -2.25. The van der Waals surface area contributed by atoms with E-state index in [0.717, 1.165) is 18.7 Å². The first-order chi connectivity index (χ1) is 11.2. The molecule has 0 fully saturated rings. The van der Waals surface area contributed by atoms with E-state index in [1.807, 2.05) is 24.0 Å². The second-order valence-corrected chi connectivity index (χ2v) is 5.20. The molecule has 0 spiro atoms. The van der Waals surface area contributed by atoms with Gasteiger partial charge in [0.15, 0.2) is 5.69 Å². The second-order valence-electron chi connectivity index (χ2n) is 5.20. The van der Waals surface area contributed by atoms with Crippen molar-refractivity contribution >= 4 is 17.6 Å². The summed E-state index contributed by atoms with van der Waals surface area (Å²) in [7, 11) is 0. The molecule has 1 aliphatic heterocycles. The lowest BCUT2D eigenvalue weighted by Crippen LogP contribution is -2.28. The normalized spacial score (nSPS) is 14.5. The number of carbonyl (C=O) groups is 1. The first-order valence-corrected chi connectivity index (χ1v) is 7.53. The summed E-state index contributed by atoms with van der Waals surface area (Å²) in [5, 5.41) is 8.88. The number of hydrogen-bond donors (Lipinski definition) is 1. The molecule has 6 heteroatoms. The molecule has 1 aromatic carbocycles. The fourth-order valence-electron chi connectivity index (χ4n) is 2.54. The molecule has 0 radical (unpaired) electrons. The minimum atomic E-state index is -1.08. The van der Waals surface area contributed by atoms with Crippen LogP contribution in [-0.4, -0.2) is 35.8 Å². The van der Waals surface area contributed by atoms with Crippen LogP contribution in [0.4, 0.5) is 6.01 Å². The van der Waals surface area contributed by atoms with Crippen LogP contribution >= 0.6 is 0 Å². The monoisotopic (exact) mass is 314 g/mol. The minimum absolute atomic E-state index is 0.0683. The molecule has 0 saturated carbocycles. The van der Waals surface area contributed by atoms with Crippen molar-refractivity contribution in [3.05, 3.63) is 47.9 Å². The van der Waals surface area contributed by atoms with E-state index in [1.54, 1.807) is 0 Å². The molecule has 1 N–H and O–H groups in total. The van der Waals surface area contributed by atoms with Crippen molar-refractivity contribution in [3.8, 4) is 5.75 Å². The molecule has 1 aromatic heterocycles. The summed E-state index contributed by atoms with van der Waals surface area (Å²) in [6.07, 6.45) is 4.13. The van der Waals surface area contributed by atoms with Crippen LogP contribution in [-0.2, 0) is 0 Å². The Labute approximate surface area is 134 Å². The average Bonchev–Trinajstić information content (AvgIpc) is 3.06. The highest BCUT2D eigenvalue weighted by Crippen LogP contribution is 2.26. The van der Waals surface area contributed by atoms with E-state index in [2.05, 4.69) is 23.2 Å². The molecule has 6 nitrogen and oxygen atoms in total. The molecule has 2 heterocycles. The molecule has 23 heavy (non-hydrogen) atoms. The number of anilines is 1. The maximum absolute atomic E-state index is 10.8. The first kappa shape index (κ1) is 15.1. The van der Waals surface area contributed by atoms with Crippen LogP contribution in [0, 0.1) is 0 Å². The van der Waals surface area contributed by atoms with Crippen LogP contribution < -0.4 is 9.64 Å². The molecule has 0 unspecified atom stereocenters. The van der Waals surface area contributed by atoms with E-state index in [4.69, 9.17) is 14.3 Å². The highest BCUT2D eigenvalue weighted by molar-refractivity contribution is 5.85. The molecule has 3 rings (SSSR count). The smallest absolute Gasteiger partial charge is 0.357 e. The van der Waals surface area contributed by atoms with Crippen molar-refractivity contribution in [2.24, 2.45) is 0 Å². The van der Waals surface area contributed by atoms with Crippen LogP contribution in [0.5, 0.6) is 5.75 Å². The number of carboxylic acids is 1. The summed E-state index contributed by atoms with van der Waals surface area (Å²) >= 11 is 0. The zero-order chi connectivity index (χ0) is 16.2. The largest absolute Gasteiger partial charge is 0.494 e. The third-order valence-corrected chi connectivity index (χ3v) is 3.73. The molecule has 2 aromatic rings. The van der Waals surface area contributed by atoms with E-state index < -0.39 is 5.97 Å². The van der Waals surface area contributed by atoms with Crippen molar-refractivity contribution in [1.82, 2.24) is 4.98 Å². The van der Waals surface area contributed by atoms with Crippen molar-refractivity contribution < 1.29 is 19.1 Å². The van der Waals surface area contributed by atoms with Gasteiger partial charge in [-0.3, -0.25) is 0 Å². The number of aromatic carboxylic acids is 1. The fourth-order valence-corrected chi connectivity index (χ4v) is 2.54. The van der Waals surface area contributed by atoms with Gasteiger partial charge < -0.3 is 19.2 Å². The zero-order valence-electron chi connectivity index (χ0n) is 12.9. The van der Waals surface area contributed by atoms with Gasteiger partial charge in [-0.2, -0.15) is 4.98 Å². The van der Waals surface area contributed by atoms with Crippen molar-refractivity contribution in [3.63, 3.8) is 0 Å². The third kappa shape index (κ3) is 3.36.